The Labute approximate surface area is 98.0 Å². The first-order valence-electron chi connectivity index (χ1n) is 4.12. The number of nitrogens with one attached hydrogen (secondary N) is 2. The highest BCUT2D eigenvalue weighted by Gasteiger charge is 2.20. The van der Waals surface area contributed by atoms with Crippen LogP contribution >= 0.6 is 28.3 Å². The van der Waals surface area contributed by atoms with Crippen molar-refractivity contribution in [2.24, 2.45) is 0 Å². The molecule has 0 aromatic rings. The molecule has 1 heterocycles. The van der Waals surface area contributed by atoms with E-state index in [9.17, 15) is 4.79 Å². The molecule has 4 nitrogen and oxygen atoms in total. The second-order valence-corrected chi connectivity index (χ2v) is 3.94. The Morgan fingerprint density at radius 3 is 2.93 bits per heavy atom. The van der Waals surface area contributed by atoms with Crippen molar-refractivity contribution in [1.82, 2.24) is 10.6 Å². The molecule has 0 bridgehead atoms. The van der Waals surface area contributed by atoms with Gasteiger partial charge < -0.3 is 15.4 Å². The number of rotatable bonds is 3. The number of carbonyl (C=O) groups is 1. The fraction of sp³-hybridized carbons (Fsp3) is 0.625. The van der Waals surface area contributed by atoms with Crippen molar-refractivity contribution in [2.45, 2.75) is 6.04 Å². The Hall–Kier alpha value is -0.100. The van der Waals surface area contributed by atoms with Gasteiger partial charge in [0.05, 0.1) is 13.2 Å². The Morgan fingerprint density at radius 2 is 2.43 bits per heavy atom. The SMILES string of the molecule is C=C(Br)CNC(=O)C1COCCN1.Cl. The maximum absolute atomic E-state index is 11.4. The van der Waals surface area contributed by atoms with E-state index in [1.165, 1.54) is 0 Å². The molecule has 0 spiro atoms. The summed E-state index contributed by atoms with van der Waals surface area (Å²) in [6.07, 6.45) is 0. The number of amides is 1. The smallest absolute Gasteiger partial charge is 0.239 e. The highest BCUT2D eigenvalue weighted by molar-refractivity contribution is 9.11. The first-order chi connectivity index (χ1) is 6.20. The fourth-order valence-corrected chi connectivity index (χ4v) is 1.18. The van der Waals surface area contributed by atoms with Crippen molar-refractivity contribution < 1.29 is 9.53 Å². The molecule has 0 radical (unpaired) electrons. The Morgan fingerprint density at radius 1 is 1.71 bits per heavy atom. The van der Waals surface area contributed by atoms with Gasteiger partial charge in [0.15, 0.2) is 0 Å². The van der Waals surface area contributed by atoms with Crippen LogP contribution in [0.25, 0.3) is 0 Å². The summed E-state index contributed by atoms with van der Waals surface area (Å²) in [6.45, 7) is 5.93. The highest BCUT2D eigenvalue weighted by atomic mass is 79.9. The third kappa shape index (κ3) is 4.95. The van der Waals surface area contributed by atoms with E-state index in [-0.39, 0.29) is 24.4 Å². The van der Waals surface area contributed by atoms with E-state index in [1.807, 2.05) is 0 Å². The number of carbonyl (C=O) groups excluding carboxylic acids is 1. The van der Waals surface area contributed by atoms with Gasteiger partial charge in [-0.05, 0) is 0 Å². The molecule has 1 fully saturated rings. The number of halogens is 2. The van der Waals surface area contributed by atoms with E-state index in [0.717, 1.165) is 11.0 Å². The van der Waals surface area contributed by atoms with Crippen LogP contribution in [0.2, 0.25) is 0 Å². The quantitative estimate of drug-likeness (QED) is 0.790. The minimum atomic E-state index is -0.222. The summed E-state index contributed by atoms with van der Waals surface area (Å²) in [7, 11) is 0. The summed E-state index contributed by atoms with van der Waals surface area (Å²) in [5.74, 6) is -0.0414. The van der Waals surface area contributed by atoms with E-state index >= 15 is 0 Å². The third-order valence-corrected chi connectivity index (χ3v) is 1.97. The predicted molar refractivity (Wildman–Crippen MR) is 60.9 cm³/mol. The normalized spacial score (nSPS) is 20.8. The van der Waals surface area contributed by atoms with E-state index in [1.54, 1.807) is 0 Å². The molecule has 0 aliphatic carbocycles. The topological polar surface area (TPSA) is 50.4 Å². The maximum atomic E-state index is 11.4. The first-order valence-corrected chi connectivity index (χ1v) is 4.91. The standard InChI is InChI=1S/C8H13BrN2O2.ClH/c1-6(9)4-11-8(12)7-5-13-3-2-10-7;/h7,10H,1-5H2,(H,11,12);1H. The lowest BCUT2D eigenvalue weighted by atomic mass is 10.2. The molecule has 2 N–H and O–H groups in total. The molecule has 1 aliphatic rings. The number of morpholine rings is 1. The van der Waals surface area contributed by atoms with Crippen LogP contribution in [0, 0.1) is 0 Å². The van der Waals surface area contributed by atoms with Crippen molar-refractivity contribution in [3.63, 3.8) is 0 Å². The van der Waals surface area contributed by atoms with E-state index in [0.29, 0.717) is 19.8 Å². The van der Waals surface area contributed by atoms with Gasteiger partial charge in [-0.2, -0.15) is 0 Å². The second kappa shape index (κ2) is 7.23. The molecule has 0 aromatic carbocycles. The van der Waals surface area contributed by atoms with Crippen LogP contribution in [0.1, 0.15) is 0 Å². The summed E-state index contributed by atoms with van der Waals surface area (Å²) in [5, 5.41) is 5.78. The number of hydrogen-bond donors (Lipinski definition) is 2. The molecule has 0 saturated carbocycles. The molecule has 1 rings (SSSR count). The van der Waals surface area contributed by atoms with Crippen molar-refractivity contribution in [2.75, 3.05) is 26.3 Å². The van der Waals surface area contributed by atoms with Crippen LogP contribution in [-0.4, -0.2) is 38.3 Å². The number of ether oxygens (including phenoxy) is 1. The molecule has 1 amide bonds. The van der Waals surface area contributed by atoms with Gasteiger partial charge in [0.1, 0.15) is 6.04 Å². The van der Waals surface area contributed by atoms with Gasteiger partial charge in [-0.1, -0.05) is 22.5 Å². The molecule has 82 valence electrons. The summed E-state index contributed by atoms with van der Waals surface area (Å²) in [4.78, 5) is 11.4. The fourth-order valence-electron chi connectivity index (χ4n) is 1.04. The number of hydrogen-bond acceptors (Lipinski definition) is 3. The zero-order chi connectivity index (χ0) is 9.68. The zero-order valence-corrected chi connectivity index (χ0v) is 10.1. The van der Waals surface area contributed by atoms with Crippen LogP contribution < -0.4 is 10.6 Å². The summed E-state index contributed by atoms with van der Waals surface area (Å²) < 4.78 is 5.91. The minimum absolute atomic E-state index is 0. The van der Waals surface area contributed by atoms with Crippen LogP contribution in [0.15, 0.2) is 11.1 Å². The molecular formula is C8H14BrClN2O2. The van der Waals surface area contributed by atoms with Crippen LogP contribution in [0.4, 0.5) is 0 Å². The molecule has 14 heavy (non-hydrogen) atoms. The summed E-state index contributed by atoms with van der Waals surface area (Å²) >= 11 is 3.17. The van der Waals surface area contributed by atoms with Crippen molar-refractivity contribution in [1.29, 1.82) is 0 Å². The average molecular weight is 286 g/mol. The summed E-state index contributed by atoms with van der Waals surface area (Å²) in [6, 6.07) is -0.222. The highest BCUT2D eigenvalue weighted by Crippen LogP contribution is 1.98. The molecular weight excluding hydrogens is 271 g/mol. The van der Waals surface area contributed by atoms with Gasteiger partial charge in [-0.15, -0.1) is 12.4 Å². The molecule has 1 saturated heterocycles. The van der Waals surface area contributed by atoms with E-state index in [2.05, 4.69) is 33.1 Å². The van der Waals surface area contributed by atoms with Crippen molar-refractivity contribution in [3.8, 4) is 0 Å². The molecule has 1 aliphatic heterocycles. The van der Waals surface area contributed by atoms with E-state index in [4.69, 9.17) is 4.74 Å². The maximum Gasteiger partial charge on any atom is 0.239 e. The van der Waals surface area contributed by atoms with Crippen LogP contribution in [0.5, 0.6) is 0 Å². The average Bonchev–Trinajstić information content (AvgIpc) is 2.15. The lowest BCUT2D eigenvalue weighted by molar-refractivity contribution is -0.125. The van der Waals surface area contributed by atoms with Crippen LogP contribution in [0.3, 0.4) is 0 Å². The monoisotopic (exact) mass is 284 g/mol. The molecule has 6 heteroatoms. The van der Waals surface area contributed by atoms with Gasteiger partial charge in [-0.3, -0.25) is 4.79 Å². The Bertz CT molecular complexity index is 208. The zero-order valence-electron chi connectivity index (χ0n) is 7.72. The molecule has 0 aromatic heterocycles. The van der Waals surface area contributed by atoms with Crippen molar-refractivity contribution in [3.05, 3.63) is 11.1 Å². The van der Waals surface area contributed by atoms with Gasteiger partial charge in [-0.25, -0.2) is 0 Å². The second-order valence-electron chi connectivity index (χ2n) is 2.82. The van der Waals surface area contributed by atoms with Gasteiger partial charge in [0.2, 0.25) is 5.91 Å². The lowest BCUT2D eigenvalue weighted by Gasteiger charge is -2.22. The largest absolute Gasteiger partial charge is 0.378 e. The van der Waals surface area contributed by atoms with Gasteiger partial charge >= 0.3 is 0 Å². The Balaban J connectivity index is 0.00000169. The van der Waals surface area contributed by atoms with Crippen LogP contribution in [-0.2, 0) is 9.53 Å². The summed E-state index contributed by atoms with van der Waals surface area (Å²) in [5.41, 5.74) is 0. The molecule has 1 unspecified atom stereocenters. The third-order valence-electron chi connectivity index (χ3n) is 1.69. The van der Waals surface area contributed by atoms with Gasteiger partial charge in [0, 0.05) is 17.6 Å². The van der Waals surface area contributed by atoms with E-state index < -0.39 is 0 Å². The minimum Gasteiger partial charge on any atom is -0.378 e. The molecule has 1 atom stereocenters. The van der Waals surface area contributed by atoms with Crippen molar-refractivity contribution >= 4 is 34.2 Å². The Kier molecular flexibility index (Phi) is 7.17. The first kappa shape index (κ1) is 13.9. The predicted octanol–water partition coefficient (Wildman–Crippen LogP) is 0.421. The lowest BCUT2D eigenvalue weighted by Crippen LogP contribution is -2.51. The van der Waals surface area contributed by atoms with Gasteiger partial charge in [0.25, 0.3) is 0 Å².